The van der Waals surface area contributed by atoms with E-state index < -0.39 is 0 Å². The molecule has 3 rings (SSSR count). The third kappa shape index (κ3) is 4.08. The summed E-state index contributed by atoms with van der Waals surface area (Å²) in [5, 5.41) is 0. The maximum atomic E-state index is 2.30. The van der Waals surface area contributed by atoms with Gasteiger partial charge >= 0.3 is 0 Å². The molecule has 0 aliphatic heterocycles. The molecule has 0 atom stereocenters. The second-order valence-corrected chi connectivity index (χ2v) is 5.75. The van der Waals surface area contributed by atoms with Crippen LogP contribution in [0.15, 0.2) is 84.0 Å². The molecule has 1 aliphatic carbocycles. The van der Waals surface area contributed by atoms with Crippen LogP contribution in [0.2, 0.25) is 0 Å². The van der Waals surface area contributed by atoms with Gasteiger partial charge in [-0.15, -0.1) is 0 Å². The molecule has 2 aromatic rings. The van der Waals surface area contributed by atoms with E-state index in [4.69, 9.17) is 0 Å². The highest BCUT2D eigenvalue weighted by molar-refractivity contribution is 5.58. The Kier molecular flexibility index (Phi) is 5.04. The Bertz CT molecular complexity index is 611. The summed E-state index contributed by atoms with van der Waals surface area (Å²) in [6.07, 6.45) is 14.1. The zero-order chi connectivity index (χ0) is 15.0. The number of hydrogen-bond donors (Lipinski definition) is 0. The van der Waals surface area contributed by atoms with Gasteiger partial charge in [0.25, 0.3) is 0 Å². The van der Waals surface area contributed by atoms with E-state index in [1.165, 1.54) is 48.0 Å². The lowest BCUT2D eigenvalue weighted by atomic mass is 9.90. The summed E-state index contributed by atoms with van der Waals surface area (Å²) in [5.74, 6) is 0. The van der Waals surface area contributed by atoms with Crippen LogP contribution >= 0.6 is 0 Å². The molecule has 0 heteroatoms. The first-order chi connectivity index (χ1) is 10.9. The number of rotatable bonds is 4. The molecule has 1 aliphatic rings. The Morgan fingerprint density at radius 1 is 0.500 bits per heavy atom. The SMILES string of the molecule is C(=C\c1ccccc1)/C1=C(/C=C/c2ccccc2)CCCC1. The summed E-state index contributed by atoms with van der Waals surface area (Å²) in [6.45, 7) is 0. The highest BCUT2D eigenvalue weighted by Gasteiger charge is 2.08. The van der Waals surface area contributed by atoms with E-state index in [1.807, 2.05) is 0 Å². The van der Waals surface area contributed by atoms with E-state index in [2.05, 4.69) is 85.0 Å². The highest BCUT2D eigenvalue weighted by Crippen LogP contribution is 2.27. The molecule has 2 aromatic carbocycles. The molecular formula is C22H22. The van der Waals surface area contributed by atoms with Crippen LogP contribution in [0.1, 0.15) is 36.8 Å². The Hall–Kier alpha value is -2.34. The predicted octanol–water partition coefficient (Wildman–Crippen LogP) is 6.28. The molecule has 0 saturated carbocycles. The van der Waals surface area contributed by atoms with Crippen molar-refractivity contribution in [1.82, 2.24) is 0 Å². The summed E-state index contributed by atoms with van der Waals surface area (Å²) in [4.78, 5) is 0. The smallest absolute Gasteiger partial charge is 0.0257 e. The van der Waals surface area contributed by atoms with Gasteiger partial charge in [0.2, 0.25) is 0 Å². The van der Waals surface area contributed by atoms with E-state index in [0.29, 0.717) is 0 Å². The lowest BCUT2D eigenvalue weighted by molar-refractivity contribution is 0.694. The van der Waals surface area contributed by atoms with Gasteiger partial charge in [-0.1, -0.05) is 85.0 Å². The zero-order valence-electron chi connectivity index (χ0n) is 12.9. The van der Waals surface area contributed by atoms with Gasteiger partial charge in [0, 0.05) is 0 Å². The average molecular weight is 286 g/mol. The van der Waals surface area contributed by atoms with E-state index in [-0.39, 0.29) is 0 Å². The van der Waals surface area contributed by atoms with E-state index in [0.717, 1.165) is 0 Å². The zero-order valence-corrected chi connectivity index (χ0v) is 12.9. The molecule has 0 N–H and O–H groups in total. The maximum absolute atomic E-state index is 2.30. The summed E-state index contributed by atoms with van der Waals surface area (Å²) in [5.41, 5.74) is 5.52. The first-order valence-electron chi connectivity index (χ1n) is 8.10. The van der Waals surface area contributed by atoms with Crippen molar-refractivity contribution < 1.29 is 0 Å². The quantitative estimate of drug-likeness (QED) is 0.620. The Balaban J connectivity index is 1.80. The van der Waals surface area contributed by atoms with Crippen molar-refractivity contribution in [3.63, 3.8) is 0 Å². The summed E-state index contributed by atoms with van der Waals surface area (Å²) in [6, 6.07) is 21.1. The molecule has 110 valence electrons. The van der Waals surface area contributed by atoms with Crippen molar-refractivity contribution in [2.45, 2.75) is 25.7 Å². The molecule has 0 heterocycles. The molecule has 0 aromatic heterocycles. The van der Waals surface area contributed by atoms with Crippen LogP contribution in [0.5, 0.6) is 0 Å². The first kappa shape index (κ1) is 14.6. The van der Waals surface area contributed by atoms with Crippen LogP contribution in [0.4, 0.5) is 0 Å². The molecule has 0 radical (unpaired) electrons. The van der Waals surface area contributed by atoms with Gasteiger partial charge in [-0.2, -0.15) is 0 Å². The minimum atomic E-state index is 1.19. The van der Waals surface area contributed by atoms with Crippen molar-refractivity contribution in [2.75, 3.05) is 0 Å². The molecule has 0 amide bonds. The largest absolute Gasteiger partial charge is 0.0622 e. The van der Waals surface area contributed by atoms with Crippen molar-refractivity contribution in [1.29, 1.82) is 0 Å². The van der Waals surface area contributed by atoms with Crippen LogP contribution in [-0.2, 0) is 0 Å². The van der Waals surface area contributed by atoms with Gasteiger partial charge in [0.05, 0.1) is 0 Å². The van der Waals surface area contributed by atoms with Gasteiger partial charge in [-0.25, -0.2) is 0 Å². The minimum Gasteiger partial charge on any atom is -0.0622 e. The van der Waals surface area contributed by atoms with Gasteiger partial charge in [0.15, 0.2) is 0 Å². The summed E-state index contributed by atoms with van der Waals surface area (Å²) in [7, 11) is 0. The normalized spacial score (nSPS) is 15.8. The van der Waals surface area contributed by atoms with Crippen LogP contribution in [-0.4, -0.2) is 0 Å². The van der Waals surface area contributed by atoms with Crippen LogP contribution in [0.25, 0.3) is 12.2 Å². The molecular weight excluding hydrogens is 264 g/mol. The van der Waals surface area contributed by atoms with Gasteiger partial charge < -0.3 is 0 Å². The Morgan fingerprint density at radius 3 is 1.32 bits per heavy atom. The van der Waals surface area contributed by atoms with Gasteiger partial charge in [-0.05, 0) is 48.0 Å². The van der Waals surface area contributed by atoms with Crippen molar-refractivity contribution >= 4 is 12.2 Å². The summed E-state index contributed by atoms with van der Waals surface area (Å²) < 4.78 is 0. The van der Waals surface area contributed by atoms with Crippen molar-refractivity contribution in [2.24, 2.45) is 0 Å². The maximum Gasteiger partial charge on any atom is -0.0257 e. The predicted molar refractivity (Wildman–Crippen MR) is 96.4 cm³/mol. The Labute approximate surface area is 133 Å². The van der Waals surface area contributed by atoms with Crippen molar-refractivity contribution in [3.8, 4) is 0 Å². The minimum absolute atomic E-state index is 1.19. The number of hydrogen-bond acceptors (Lipinski definition) is 0. The molecule has 22 heavy (non-hydrogen) atoms. The standard InChI is InChI=1S/C22H22/c1-3-9-19(10-4-1)15-17-21-13-7-8-14-22(21)18-16-20-11-5-2-6-12-20/h1-6,9-12,15-18H,7-8,13-14H2/b17-15+,18-16+. The van der Waals surface area contributed by atoms with Crippen LogP contribution in [0, 0.1) is 0 Å². The average Bonchev–Trinajstić information content (AvgIpc) is 2.61. The number of allylic oxidation sites excluding steroid dienone is 4. The topological polar surface area (TPSA) is 0 Å². The fourth-order valence-corrected chi connectivity index (χ4v) is 2.85. The monoisotopic (exact) mass is 286 g/mol. The van der Waals surface area contributed by atoms with Gasteiger partial charge in [0.1, 0.15) is 0 Å². The van der Waals surface area contributed by atoms with Crippen LogP contribution in [0.3, 0.4) is 0 Å². The number of benzene rings is 2. The fraction of sp³-hybridized carbons (Fsp3) is 0.182. The highest BCUT2D eigenvalue weighted by atomic mass is 14.1. The van der Waals surface area contributed by atoms with Crippen LogP contribution < -0.4 is 0 Å². The molecule has 0 fully saturated rings. The summed E-state index contributed by atoms with van der Waals surface area (Å²) >= 11 is 0. The second-order valence-electron chi connectivity index (χ2n) is 5.75. The second kappa shape index (κ2) is 7.61. The molecule has 0 bridgehead atoms. The van der Waals surface area contributed by atoms with E-state index >= 15 is 0 Å². The lowest BCUT2D eigenvalue weighted by Crippen LogP contribution is -1.96. The van der Waals surface area contributed by atoms with Crippen molar-refractivity contribution in [3.05, 3.63) is 95.1 Å². The molecule has 0 unspecified atom stereocenters. The fourth-order valence-electron chi connectivity index (χ4n) is 2.85. The van der Waals surface area contributed by atoms with E-state index in [1.54, 1.807) is 0 Å². The third-order valence-electron chi connectivity index (χ3n) is 4.11. The molecule has 0 saturated heterocycles. The van der Waals surface area contributed by atoms with Gasteiger partial charge in [-0.3, -0.25) is 0 Å². The first-order valence-corrected chi connectivity index (χ1v) is 8.10. The molecule has 0 spiro atoms. The molecule has 0 nitrogen and oxygen atoms in total. The lowest BCUT2D eigenvalue weighted by Gasteiger charge is -2.15. The van der Waals surface area contributed by atoms with E-state index in [9.17, 15) is 0 Å². The third-order valence-corrected chi connectivity index (χ3v) is 4.11. The Morgan fingerprint density at radius 2 is 0.909 bits per heavy atom.